The number of aldehydes is 1. The molecule has 0 spiro atoms. The predicted octanol–water partition coefficient (Wildman–Crippen LogP) is 4.05. The highest BCUT2D eigenvalue weighted by molar-refractivity contribution is 6.29. The number of carbonyl (C=O) groups excluding carboxylic acids is 2. The van der Waals surface area contributed by atoms with E-state index in [1.807, 2.05) is 0 Å². The Labute approximate surface area is 181 Å². The molecule has 0 radical (unpaired) electrons. The number of imidazole rings is 1. The van der Waals surface area contributed by atoms with E-state index < -0.39 is 12.3 Å². The minimum atomic E-state index is -2.77. The van der Waals surface area contributed by atoms with Crippen LogP contribution in [0.15, 0.2) is 30.6 Å². The lowest BCUT2D eigenvalue weighted by Gasteiger charge is -2.32. The lowest BCUT2D eigenvalue weighted by molar-refractivity contribution is -0.127. The van der Waals surface area contributed by atoms with Gasteiger partial charge in [-0.3, -0.25) is 9.59 Å². The third kappa shape index (κ3) is 4.39. The van der Waals surface area contributed by atoms with Gasteiger partial charge >= 0.3 is 0 Å². The maximum Gasteiger partial charge on any atom is 0.295 e. The van der Waals surface area contributed by atoms with Gasteiger partial charge in [-0.15, -0.1) is 0 Å². The molecule has 1 fully saturated rings. The molecular formula is C21H19F2N7O2. The molecule has 1 amide bonds. The van der Waals surface area contributed by atoms with Crippen LogP contribution in [0.2, 0.25) is 0 Å². The monoisotopic (exact) mass is 439 g/mol. The van der Waals surface area contributed by atoms with Crippen molar-refractivity contribution >= 4 is 40.5 Å². The number of anilines is 2. The molecule has 32 heavy (non-hydrogen) atoms. The van der Waals surface area contributed by atoms with Crippen molar-refractivity contribution in [3.8, 4) is 0 Å². The lowest BCUT2D eigenvalue weighted by Crippen LogP contribution is -2.30. The highest BCUT2D eigenvalue weighted by Crippen LogP contribution is 2.36. The van der Waals surface area contributed by atoms with E-state index in [9.17, 15) is 18.4 Å². The van der Waals surface area contributed by atoms with Crippen LogP contribution in [0.3, 0.4) is 0 Å². The van der Waals surface area contributed by atoms with Gasteiger partial charge < -0.3 is 15.2 Å². The van der Waals surface area contributed by atoms with Gasteiger partial charge in [-0.25, -0.2) is 28.6 Å². The first-order chi connectivity index (χ1) is 15.5. The molecule has 3 aromatic rings. The molecule has 0 bridgehead atoms. The van der Waals surface area contributed by atoms with Crippen molar-refractivity contribution in [2.75, 3.05) is 10.6 Å². The van der Waals surface area contributed by atoms with Gasteiger partial charge in [0.15, 0.2) is 5.82 Å². The molecule has 4 rings (SSSR count). The summed E-state index contributed by atoms with van der Waals surface area (Å²) < 4.78 is 29.3. The second kappa shape index (κ2) is 9.05. The van der Waals surface area contributed by atoms with Gasteiger partial charge in [-0.2, -0.15) is 0 Å². The van der Waals surface area contributed by atoms with Crippen molar-refractivity contribution in [3.63, 3.8) is 0 Å². The molecular weight excluding hydrogens is 420 g/mol. The first-order valence-corrected chi connectivity index (χ1v) is 10.0. The van der Waals surface area contributed by atoms with E-state index >= 15 is 0 Å². The molecule has 2 N–H and O–H groups in total. The fourth-order valence-electron chi connectivity index (χ4n) is 4.07. The van der Waals surface area contributed by atoms with E-state index in [2.05, 4.69) is 30.4 Å². The molecule has 2 heterocycles. The average molecular weight is 439 g/mol. The van der Waals surface area contributed by atoms with Crippen LogP contribution >= 0.6 is 0 Å². The molecule has 11 heteroatoms. The van der Waals surface area contributed by atoms with Crippen molar-refractivity contribution in [3.05, 3.63) is 47.8 Å². The molecule has 2 aromatic heterocycles. The Kier molecular flexibility index (Phi) is 6.02. The highest BCUT2D eigenvalue weighted by atomic mass is 19.3. The number of aromatic nitrogens is 4. The summed E-state index contributed by atoms with van der Waals surface area (Å²) in [6.45, 7) is 6.97. The summed E-state index contributed by atoms with van der Waals surface area (Å²) in [4.78, 5) is 37.5. The number of benzene rings is 1. The normalized spacial score (nSPS) is 18.3. The van der Waals surface area contributed by atoms with E-state index in [1.54, 1.807) is 16.7 Å². The maximum absolute atomic E-state index is 13.8. The lowest BCUT2D eigenvalue weighted by atomic mass is 9.90. The van der Waals surface area contributed by atoms with Gasteiger partial charge in [-0.1, -0.05) is 0 Å². The van der Waals surface area contributed by atoms with Crippen LogP contribution in [0.1, 0.15) is 44.0 Å². The quantitative estimate of drug-likeness (QED) is 0.341. The zero-order chi connectivity index (χ0) is 22.7. The Balaban J connectivity index is 1.60. The Bertz CT molecular complexity index is 1190. The fourth-order valence-corrected chi connectivity index (χ4v) is 4.07. The zero-order valence-corrected chi connectivity index (χ0v) is 16.8. The van der Waals surface area contributed by atoms with E-state index in [1.165, 1.54) is 18.5 Å². The standard InChI is InChI=1S/C21H19F2N7O2/c1-24-14-9-25-21(26-10-14)28-12-3-2-4-15(7-12)30-17-6-5-13(27-18(32)11-31)8-16(17)29-20(30)19(22)23/h5-6,8-12,15,19H,2-4,7H2,(H,27,32)(H,25,26,28)/t12-,15+/m1/s1. The van der Waals surface area contributed by atoms with Crippen LogP contribution in [0.5, 0.6) is 0 Å². The Hall–Kier alpha value is -3.94. The van der Waals surface area contributed by atoms with Gasteiger partial charge in [0.25, 0.3) is 12.3 Å². The Morgan fingerprint density at radius 3 is 2.75 bits per heavy atom. The zero-order valence-electron chi connectivity index (χ0n) is 16.8. The first kappa shape index (κ1) is 21.3. The highest BCUT2D eigenvalue weighted by Gasteiger charge is 2.29. The predicted molar refractivity (Wildman–Crippen MR) is 113 cm³/mol. The first-order valence-electron chi connectivity index (χ1n) is 10.0. The molecule has 164 valence electrons. The van der Waals surface area contributed by atoms with E-state index in [0.717, 1.165) is 12.8 Å². The number of rotatable bonds is 6. The number of fused-ring (bicyclic) bond motifs is 1. The van der Waals surface area contributed by atoms with E-state index in [4.69, 9.17) is 6.57 Å². The van der Waals surface area contributed by atoms with Crippen LogP contribution < -0.4 is 10.6 Å². The van der Waals surface area contributed by atoms with Gasteiger partial charge in [0, 0.05) is 30.2 Å². The molecule has 1 saturated carbocycles. The second-order valence-corrected chi connectivity index (χ2v) is 7.49. The Morgan fingerprint density at radius 1 is 1.28 bits per heavy atom. The number of amides is 1. The third-order valence-corrected chi connectivity index (χ3v) is 5.40. The number of carbonyl (C=O) groups is 2. The van der Waals surface area contributed by atoms with Gasteiger partial charge in [0.05, 0.1) is 17.6 Å². The van der Waals surface area contributed by atoms with E-state index in [-0.39, 0.29) is 24.2 Å². The number of halogens is 2. The maximum atomic E-state index is 13.8. The van der Waals surface area contributed by atoms with Crippen molar-refractivity contribution in [2.45, 2.75) is 44.2 Å². The van der Waals surface area contributed by atoms with Gasteiger partial charge in [0.1, 0.15) is 0 Å². The fraction of sp³-hybridized carbons (Fsp3) is 0.333. The smallest absolute Gasteiger partial charge is 0.295 e. The number of nitrogens with one attached hydrogen (secondary N) is 2. The molecule has 1 aromatic carbocycles. The summed E-state index contributed by atoms with van der Waals surface area (Å²) >= 11 is 0. The average Bonchev–Trinajstić information content (AvgIpc) is 3.19. The summed E-state index contributed by atoms with van der Waals surface area (Å²) in [6, 6.07) is 4.42. The number of alkyl halides is 2. The number of nitrogens with zero attached hydrogens (tertiary/aromatic N) is 5. The van der Waals surface area contributed by atoms with E-state index in [0.29, 0.717) is 41.2 Å². The van der Waals surface area contributed by atoms with Gasteiger partial charge in [0.2, 0.25) is 17.9 Å². The second-order valence-electron chi connectivity index (χ2n) is 7.49. The summed E-state index contributed by atoms with van der Waals surface area (Å²) in [5.41, 5.74) is 1.50. The minimum Gasteiger partial charge on any atom is -0.352 e. The van der Waals surface area contributed by atoms with Crippen molar-refractivity contribution < 1.29 is 18.4 Å². The Morgan fingerprint density at radius 2 is 2.06 bits per heavy atom. The largest absolute Gasteiger partial charge is 0.352 e. The molecule has 0 aliphatic heterocycles. The number of hydrogen-bond acceptors (Lipinski definition) is 6. The summed E-state index contributed by atoms with van der Waals surface area (Å²) in [7, 11) is 0. The molecule has 1 aliphatic carbocycles. The minimum absolute atomic E-state index is 0.0262. The molecule has 0 unspecified atom stereocenters. The van der Waals surface area contributed by atoms with Crippen LogP contribution in [-0.4, -0.2) is 37.8 Å². The molecule has 9 nitrogen and oxygen atoms in total. The van der Waals surface area contributed by atoms with Crippen molar-refractivity contribution in [1.82, 2.24) is 19.5 Å². The molecule has 1 aliphatic rings. The summed E-state index contributed by atoms with van der Waals surface area (Å²) in [5.74, 6) is -0.768. The summed E-state index contributed by atoms with van der Waals surface area (Å²) in [5, 5.41) is 5.61. The van der Waals surface area contributed by atoms with Crippen LogP contribution in [0, 0.1) is 6.57 Å². The number of hydrogen-bond donors (Lipinski definition) is 2. The van der Waals surface area contributed by atoms with Crippen molar-refractivity contribution in [1.29, 1.82) is 0 Å². The van der Waals surface area contributed by atoms with Gasteiger partial charge in [-0.05, 0) is 43.9 Å². The van der Waals surface area contributed by atoms with Crippen LogP contribution in [0.4, 0.5) is 26.1 Å². The molecule has 0 saturated heterocycles. The van der Waals surface area contributed by atoms with Crippen LogP contribution in [0.25, 0.3) is 15.9 Å². The summed E-state index contributed by atoms with van der Waals surface area (Å²) in [6.07, 6.45) is 3.17. The SMILES string of the molecule is [C-]#[N+]c1cnc(N[C@@H]2CCC[C@H](n3c(C(F)F)nc4cc(NC(=O)C=O)ccc43)C2)nc1. The topological polar surface area (TPSA) is 106 Å². The third-order valence-electron chi connectivity index (χ3n) is 5.40. The van der Waals surface area contributed by atoms with Crippen molar-refractivity contribution in [2.24, 2.45) is 0 Å². The van der Waals surface area contributed by atoms with Crippen LogP contribution in [-0.2, 0) is 9.59 Å². The molecule has 2 atom stereocenters.